The van der Waals surface area contributed by atoms with Crippen LogP contribution in [0.3, 0.4) is 0 Å². The zero-order valence-electron chi connectivity index (χ0n) is 17.0. The van der Waals surface area contributed by atoms with Gasteiger partial charge in [0.15, 0.2) is 0 Å². The van der Waals surface area contributed by atoms with Crippen molar-refractivity contribution in [3.8, 4) is 17.0 Å². The molecule has 8 heteroatoms. The van der Waals surface area contributed by atoms with E-state index >= 15 is 0 Å². The van der Waals surface area contributed by atoms with Crippen molar-refractivity contribution in [3.05, 3.63) is 60.7 Å². The molecule has 0 spiro atoms. The van der Waals surface area contributed by atoms with Gasteiger partial charge in [-0.05, 0) is 51.3 Å². The summed E-state index contributed by atoms with van der Waals surface area (Å²) >= 11 is 0. The Morgan fingerprint density at radius 1 is 1.00 bits per heavy atom. The van der Waals surface area contributed by atoms with E-state index in [0.29, 0.717) is 17.5 Å². The Labute approximate surface area is 174 Å². The van der Waals surface area contributed by atoms with E-state index in [9.17, 15) is 8.78 Å². The van der Waals surface area contributed by atoms with Crippen LogP contribution in [-0.4, -0.2) is 48.7 Å². The van der Waals surface area contributed by atoms with Crippen LogP contribution in [0.5, 0.6) is 5.75 Å². The summed E-state index contributed by atoms with van der Waals surface area (Å²) in [6.45, 7) is -1.14. The number of alkyl halides is 2. The second kappa shape index (κ2) is 10.5. The largest absolute Gasteiger partial charge is 0.435 e. The topological polar surface area (TPSA) is 62.3 Å². The summed E-state index contributed by atoms with van der Waals surface area (Å²) < 4.78 is 29.0. The molecular weight excluding hydrogens is 388 g/mol. The average molecular weight is 413 g/mol. The van der Waals surface area contributed by atoms with Gasteiger partial charge in [-0.3, -0.25) is 0 Å². The molecule has 0 atom stereocenters. The Kier molecular flexibility index (Phi) is 7.51. The third-order valence-electron chi connectivity index (χ3n) is 4.21. The molecule has 0 fully saturated rings. The Balaban J connectivity index is 1.78. The molecule has 1 heterocycles. The summed E-state index contributed by atoms with van der Waals surface area (Å²) in [5, 5.41) is 6.48. The highest BCUT2D eigenvalue weighted by Gasteiger charge is 2.08. The van der Waals surface area contributed by atoms with Crippen LogP contribution in [0.1, 0.15) is 6.42 Å². The molecule has 3 rings (SSSR count). The smallest absolute Gasteiger partial charge is 0.387 e. The lowest BCUT2D eigenvalue weighted by atomic mass is 10.1. The first-order valence-corrected chi connectivity index (χ1v) is 9.64. The van der Waals surface area contributed by atoms with Crippen LogP contribution in [0.25, 0.3) is 11.3 Å². The zero-order chi connectivity index (χ0) is 21.3. The molecule has 0 saturated carbocycles. The van der Waals surface area contributed by atoms with Gasteiger partial charge in [-0.2, -0.15) is 13.8 Å². The molecule has 2 aromatic carbocycles. The minimum absolute atomic E-state index is 0.103. The van der Waals surface area contributed by atoms with E-state index in [-0.39, 0.29) is 5.75 Å². The summed E-state index contributed by atoms with van der Waals surface area (Å²) in [6, 6.07) is 18.0. The minimum Gasteiger partial charge on any atom is -0.435 e. The van der Waals surface area contributed by atoms with Crippen molar-refractivity contribution in [2.24, 2.45) is 0 Å². The summed E-state index contributed by atoms with van der Waals surface area (Å²) in [6.07, 6.45) is 0.959. The molecule has 2 N–H and O–H groups in total. The molecule has 0 aliphatic heterocycles. The van der Waals surface area contributed by atoms with Crippen LogP contribution in [0.4, 0.5) is 26.2 Å². The quantitative estimate of drug-likeness (QED) is 0.463. The van der Waals surface area contributed by atoms with Crippen molar-refractivity contribution >= 4 is 17.5 Å². The molecule has 30 heavy (non-hydrogen) atoms. The van der Waals surface area contributed by atoms with Gasteiger partial charge in [-0.25, -0.2) is 4.98 Å². The molecule has 0 aliphatic rings. The first kappa shape index (κ1) is 21.4. The van der Waals surface area contributed by atoms with Gasteiger partial charge in [-0.15, -0.1) is 0 Å². The number of nitrogens with zero attached hydrogens (tertiary/aromatic N) is 3. The lowest BCUT2D eigenvalue weighted by Gasteiger charge is -2.13. The number of nitrogens with one attached hydrogen (secondary N) is 2. The summed E-state index contributed by atoms with van der Waals surface area (Å²) in [5.74, 6) is 1.23. The Bertz CT molecular complexity index is 921. The normalized spacial score (nSPS) is 11.0. The lowest BCUT2D eigenvalue weighted by Crippen LogP contribution is -2.17. The monoisotopic (exact) mass is 413 g/mol. The molecule has 0 aliphatic carbocycles. The third kappa shape index (κ3) is 6.66. The molecule has 158 valence electrons. The van der Waals surface area contributed by atoms with Crippen molar-refractivity contribution in [1.29, 1.82) is 0 Å². The number of hydrogen-bond donors (Lipinski definition) is 2. The van der Waals surface area contributed by atoms with E-state index in [1.54, 1.807) is 12.1 Å². The number of anilines is 3. The van der Waals surface area contributed by atoms with E-state index in [1.165, 1.54) is 12.1 Å². The Morgan fingerprint density at radius 3 is 2.40 bits per heavy atom. The highest BCUT2D eigenvalue weighted by molar-refractivity contribution is 5.67. The van der Waals surface area contributed by atoms with Crippen molar-refractivity contribution < 1.29 is 13.5 Å². The van der Waals surface area contributed by atoms with Crippen LogP contribution >= 0.6 is 0 Å². The van der Waals surface area contributed by atoms with E-state index in [2.05, 4.69) is 30.2 Å². The summed E-state index contributed by atoms with van der Waals surface area (Å²) in [7, 11) is 4.07. The molecule has 0 bridgehead atoms. The molecule has 0 radical (unpaired) electrons. The van der Waals surface area contributed by atoms with Crippen molar-refractivity contribution in [2.45, 2.75) is 13.0 Å². The molecule has 6 nitrogen and oxygen atoms in total. The Morgan fingerprint density at radius 2 is 1.73 bits per heavy atom. The van der Waals surface area contributed by atoms with Gasteiger partial charge in [0.05, 0.1) is 5.69 Å². The molecule has 1 aromatic heterocycles. The van der Waals surface area contributed by atoms with Gasteiger partial charge in [0.25, 0.3) is 0 Å². The van der Waals surface area contributed by atoms with Crippen LogP contribution in [-0.2, 0) is 0 Å². The van der Waals surface area contributed by atoms with Gasteiger partial charge in [0, 0.05) is 23.9 Å². The Hall–Kier alpha value is -3.26. The van der Waals surface area contributed by atoms with Gasteiger partial charge in [-0.1, -0.05) is 30.3 Å². The standard InChI is InChI=1S/C22H25F2N5O/c1-29(2)14-6-13-25-22-27-19(16-7-4-3-5-8-16)15-20(28-22)26-17-9-11-18(12-10-17)30-21(23)24/h3-5,7-12,15,21H,6,13-14H2,1-2H3,(H2,25,26,27,28). The maximum atomic E-state index is 12.3. The maximum absolute atomic E-state index is 12.3. The fourth-order valence-corrected chi connectivity index (χ4v) is 2.81. The van der Waals surface area contributed by atoms with Crippen LogP contribution in [0.15, 0.2) is 60.7 Å². The SMILES string of the molecule is CN(C)CCCNc1nc(Nc2ccc(OC(F)F)cc2)cc(-c2ccccc2)n1. The highest BCUT2D eigenvalue weighted by Crippen LogP contribution is 2.25. The van der Waals surface area contributed by atoms with Crippen LogP contribution < -0.4 is 15.4 Å². The number of benzene rings is 2. The van der Waals surface area contributed by atoms with Gasteiger partial charge < -0.3 is 20.3 Å². The fraction of sp³-hybridized carbons (Fsp3) is 0.273. The molecule has 0 amide bonds. The third-order valence-corrected chi connectivity index (χ3v) is 4.21. The van der Waals surface area contributed by atoms with Crippen LogP contribution in [0.2, 0.25) is 0 Å². The van der Waals surface area contributed by atoms with Gasteiger partial charge >= 0.3 is 6.61 Å². The number of ether oxygens (including phenoxy) is 1. The number of hydrogen-bond acceptors (Lipinski definition) is 6. The fourth-order valence-electron chi connectivity index (χ4n) is 2.81. The summed E-state index contributed by atoms with van der Waals surface area (Å²) in [5.41, 5.74) is 2.45. The van der Waals surface area contributed by atoms with E-state index in [4.69, 9.17) is 0 Å². The summed E-state index contributed by atoms with van der Waals surface area (Å²) in [4.78, 5) is 11.3. The molecule has 3 aromatic rings. The highest BCUT2D eigenvalue weighted by atomic mass is 19.3. The lowest BCUT2D eigenvalue weighted by molar-refractivity contribution is -0.0498. The first-order valence-electron chi connectivity index (χ1n) is 9.64. The van der Waals surface area contributed by atoms with Crippen molar-refractivity contribution in [3.63, 3.8) is 0 Å². The van der Waals surface area contributed by atoms with Crippen molar-refractivity contribution in [2.75, 3.05) is 37.8 Å². The minimum atomic E-state index is -2.85. The molecule has 0 unspecified atom stereocenters. The van der Waals surface area contributed by atoms with Crippen LogP contribution in [0, 0.1) is 0 Å². The maximum Gasteiger partial charge on any atom is 0.387 e. The molecular formula is C22H25F2N5O. The average Bonchev–Trinajstić information content (AvgIpc) is 2.73. The first-order chi connectivity index (χ1) is 14.5. The van der Waals surface area contributed by atoms with Gasteiger partial charge in [0.1, 0.15) is 11.6 Å². The van der Waals surface area contributed by atoms with E-state index < -0.39 is 6.61 Å². The number of aromatic nitrogens is 2. The predicted molar refractivity (Wildman–Crippen MR) is 115 cm³/mol. The number of halogens is 2. The second-order valence-electron chi connectivity index (χ2n) is 6.94. The van der Waals surface area contributed by atoms with E-state index in [0.717, 1.165) is 30.8 Å². The molecule has 0 saturated heterocycles. The number of rotatable bonds is 10. The second-order valence-corrected chi connectivity index (χ2v) is 6.94. The zero-order valence-corrected chi connectivity index (χ0v) is 17.0. The van der Waals surface area contributed by atoms with Gasteiger partial charge in [0.2, 0.25) is 5.95 Å². The predicted octanol–water partition coefficient (Wildman–Crippen LogP) is 4.85. The van der Waals surface area contributed by atoms with E-state index in [1.807, 2.05) is 50.5 Å². The van der Waals surface area contributed by atoms with Crippen molar-refractivity contribution in [1.82, 2.24) is 14.9 Å².